The molecule has 14 atom stereocenters. The van der Waals surface area contributed by atoms with Crippen molar-refractivity contribution < 1.29 is 69.0 Å². The molecule has 242 valence electrons. The first kappa shape index (κ1) is 32.7. The fraction of sp³-hybridized carbons (Fsp3) is 0.567. The van der Waals surface area contributed by atoms with Crippen LogP contribution in [-0.2, 0) is 33.2 Å². The first-order valence-corrected chi connectivity index (χ1v) is 14.3. The normalized spacial score (nSPS) is 42.0. The summed E-state index contributed by atoms with van der Waals surface area (Å²) >= 11 is 0. The molecular weight excluding hydrogens is 584 g/mol. The van der Waals surface area contributed by atoms with Gasteiger partial charge in [-0.2, -0.15) is 0 Å². The van der Waals surface area contributed by atoms with Crippen LogP contribution in [0.5, 0.6) is 0 Å². The summed E-state index contributed by atoms with van der Waals surface area (Å²) in [6.45, 7) is 0.471. The van der Waals surface area contributed by atoms with E-state index in [2.05, 4.69) is 0 Å². The highest BCUT2D eigenvalue weighted by molar-refractivity contribution is 5.87. The van der Waals surface area contributed by atoms with Gasteiger partial charge in [0.05, 0.1) is 37.6 Å². The minimum absolute atomic E-state index is 0.427. The molecule has 14 unspecified atom stereocenters. The van der Waals surface area contributed by atoms with Gasteiger partial charge >= 0.3 is 5.97 Å². The average Bonchev–Trinajstić information content (AvgIpc) is 3.39. The van der Waals surface area contributed by atoms with Crippen LogP contribution in [-0.4, -0.2) is 129 Å². The fourth-order valence-electron chi connectivity index (χ4n) is 5.79. The van der Waals surface area contributed by atoms with Crippen molar-refractivity contribution in [2.45, 2.75) is 80.7 Å². The first-order chi connectivity index (χ1) is 21.1. The molecule has 44 heavy (non-hydrogen) atoms. The largest absolute Gasteiger partial charge is 0.472 e. The summed E-state index contributed by atoms with van der Waals surface area (Å²) < 4.78 is 34.2. The highest BCUT2D eigenvalue weighted by Gasteiger charge is 2.52. The SMILES string of the molecule is CC1OC(OC2C=C(CO)C3C(OC4OC(CO)C(O)C(O)C4O)OC=CC23)C(O)C(OC(=O)C=Cc2ccccc2)C1O. The summed E-state index contributed by atoms with van der Waals surface area (Å²) in [7, 11) is 0. The van der Waals surface area contributed by atoms with E-state index in [0.29, 0.717) is 5.57 Å². The van der Waals surface area contributed by atoms with E-state index in [-0.39, 0.29) is 0 Å². The molecule has 7 N–H and O–H groups in total. The van der Waals surface area contributed by atoms with Gasteiger partial charge in [0.25, 0.3) is 0 Å². The number of esters is 1. The molecule has 1 aromatic rings. The Morgan fingerprint density at radius 1 is 0.886 bits per heavy atom. The monoisotopic (exact) mass is 622 g/mol. The van der Waals surface area contributed by atoms with Crippen molar-refractivity contribution in [1.29, 1.82) is 0 Å². The second-order valence-electron chi connectivity index (χ2n) is 11.1. The minimum Gasteiger partial charge on any atom is -0.472 e. The minimum atomic E-state index is -1.67. The van der Waals surface area contributed by atoms with E-state index in [0.717, 1.165) is 5.56 Å². The Bertz CT molecular complexity index is 1200. The summed E-state index contributed by atoms with van der Waals surface area (Å²) in [5.41, 5.74) is 1.19. The number of benzene rings is 1. The maximum atomic E-state index is 12.5. The molecule has 0 aromatic heterocycles. The molecule has 0 spiro atoms. The summed E-state index contributed by atoms with van der Waals surface area (Å²) in [6.07, 6.45) is -8.76. The van der Waals surface area contributed by atoms with Crippen LogP contribution >= 0.6 is 0 Å². The Hall–Kier alpha value is -2.73. The highest BCUT2D eigenvalue weighted by atomic mass is 16.8. The van der Waals surface area contributed by atoms with Gasteiger partial charge in [-0.25, -0.2) is 4.79 Å². The van der Waals surface area contributed by atoms with Crippen molar-refractivity contribution >= 4 is 12.0 Å². The lowest BCUT2D eigenvalue weighted by atomic mass is 9.88. The van der Waals surface area contributed by atoms with Gasteiger partial charge in [0.1, 0.15) is 36.6 Å². The molecular formula is C30H38O14. The molecule has 14 heteroatoms. The van der Waals surface area contributed by atoms with E-state index in [4.69, 9.17) is 28.4 Å². The molecule has 4 aliphatic rings. The average molecular weight is 623 g/mol. The number of hydrogen-bond acceptors (Lipinski definition) is 14. The van der Waals surface area contributed by atoms with Gasteiger partial charge < -0.3 is 64.2 Å². The van der Waals surface area contributed by atoms with Gasteiger partial charge in [-0.1, -0.05) is 36.4 Å². The Morgan fingerprint density at radius 3 is 2.32 bits per heavy atom. The van der Waals surface area contributed by atoms with E-state index in [1.165, 1.54) is 18.4 Å². The van der Waals surface area contributed by atoms with Crippen LogP contribution in [0, 0.1) is 11.8 Å². The van der Waals surface area contributed by atoms with E-state index in [1.807, 2.05) is 18.2 Å². The van der Waals surface area contributed by atoms with Gasteiger partial charge in [0, 0.05) is 12.0 Å². The number of carbonyl (C=O) groups is 1. The summed E-state index contributed by atoms with van der Waals surface area (Å²) in [4.78, 5) is 12.5. The van der Waals surface area contributed by atoms with Crippen LogP contribution in [0.25, 0.3) is 6.08 Å². The summed E-state index contributed by atoms with van der Waals surface area (Å²) in [6, 6.07) is 9.03. The zero-order valence-electron chi connectivity index (χ0n) is 23.8. The number of carbonyl (C=O) groups excluding carboxylic acids is 1. The van der Waals surface area contributed by atoms with Crippen molar-refractivity contribution in [2.24, 2.45) is 11.8 Å². The maximum Gasteiger partial charge on any atom is 0.331 e. The van der Waals surface area contributed by atoms with Crippen molar-refractivity contribution in [1.82, 2.24) is 0 Å². The molecule has 3 heterocycles. The molecule has 0 radical (unpaired) electrons. The molecule has 5 rings (SSSR count). The van der Waals surface area contributed by atoms with Gasteiger partial charge in [-0.05, 0) is 30.2 Å². The van der Waals surface area contributed by atoms with Crippen LogP contribution in [0.4, 0.5) is 0 Å². The van der Waals surface area contributed by atoms with Crippen LogP contribution in [0.1, 0.15) is 12.5 Å². The first-order valence-electron chi connectivity index (χ1n) is 14.3. The quantitative estimate of drug-likeness (QED) is 0.0931. The highest BCUT2D eigenvalue weighted by Crippen LogP contribution is 2.43. The maximum absolute atomic E-state index is 12.5. The number of ether oxygens (including phenoxy) is 6. The van der Waals surface area contributed by atoms with Crippen molar-refractivity contribution in [3.8, 4) is 0 Å². The molecule has 2 saturated heterocycles. The molecule has 0 saturated carbocycles. The van der Waals surface area contributed by atoms with E-state index in [9.17, 15) is 40.5 Å². The van der Waals surface area contributed by atoms with Gasteiger partial charge in [0.2, 0.25) is 6.29 Å². The van der Waals surface area contributed by atoms with Gasteiger partial charge in [0.15, 0.2) is 18.7 Å². The topological polar surface area (TPSA) is 214 Å². The van der Waals surface area contributed by atoms with E-state index >= 15 is 0 Å². The standard InChI is InChI=1S/C30H38O14/c1-14-22(34)27(43-20(33)8-7-15-5-3-2-4-6-15)26(38)30(40-14)41-18-11-16(12-31)21-17(18)9-10-39-28(21)44-29-25(37)24(36)23(35)19(13-32)42-29/h2-11,14,17-19,21-32,34-38H,12-13H2,1H3. The van der Waals surface area contributed by atoms with Crippen LogP contribution in [0.3, 0.4) is 0 Å². The number of aliphatic hydroxyl groups excluding tert-OH is 7. The smallest absolute Gasteiger partial charge is 0.331 e. The van der Waals surface area contributed by atoms with Crippen molar-refractivity contribution in [3.05, 3.63) is 66.0 Å². The Labute approximate surface area is 253 Å². The lowest BCUT2D eigenvalue weighted by Crippen LogP contribution is -2.60. The van der Waals surface area contributed by atoms with Crippen LogP contribution in [0.2, 0.25) is 0 Å². The van der Waals surface area contributed by atoms with Crippen molar-refractivity contribution in [2.75, 3.05) is 13.2 Å². The zero-order chi connectivity index (χ0) is 31.5. The molecule has 14 nitrogen and oxygen atoms in total. The van der Waals surface area contributed by atoms with Crippen LogP contribution < -0.4 is 0 Å². The van der Waals surface area contributed by atoms with E-state index < -0.39 is 105 Å². The fourth-order valence-corrected chi connectivity index (χ4v) is 5.79. The number of fused-ring (bicyclic) bond motifs is 1. The molecule has 1 aliphatic carbocycles. The molecule has 2 fully saturated rings. The van der Waals surface area contributed by atoms with Crippen molar-refractivity contribution in [3.63, 3.8) is 0 Å². The number of hydrogen-bond donors (Lipinski definition) is 7. The number of rotatable bonds is 9. The Kier molecular flexibility index (Phi) is 10.5. The Morgan fingerprint density at radius 2 is 1.61 bits per heavy atom. The third-order valence-electron chi connectivity index (χ3n) is 8.24. The predicted molar refractivity (Wildman–Crippen MR) is 148 cm³/mol. The predicted octanol–water partition coefficient (Wildman–Crippen LogP) is -1.69. The molecule has 1 aromatic carbocycles. The Balaban J connectivity index is 1.26. The molecule has 0 amide bonds. The lowest BCUT2D eigenvalue weighted by Gasteiger charge is -2.43. The molecule has 0 bridgehead atoms. The molecule has 3 aliphatic heterocycles. The number of aliphatic hydroxyl groups is 7. The zero-order valence-corrected chi connectivity index (χ0v) is 23.8. The third kappa shape index (κ3) is 6.76. The summed E-state index contributed by atoms with van der Waals surface area (Å²) in [5.74, 6) is -2.00. The van der Waals surface area contributed by atoms with E-state index in [1.54, 1.807) is 31.2 Å². The van der Waals surface area contributed by atoms with Crippen LogP contribution in [0.15, 0.2) is 60.4 Å². The lowest BCUT2D eigenvalue weighted by molar-refractivity contribution is -0.341. The second-order valence-corrected chi connectivity index (χ2v) is 11.1. The second kappa shape index (κ2) is 14.1. The van der Waals surface area contributed by atoms with Gasteiger partial charge in [-0.3, -0.25) is 0 Å². The van der Waals surface area contributed by atoms with Gasteiger partial charge in [-0.15, -0.1) is 0 Å². The summed E-state index contributed by atoms with van der Waals surface area (Å²) in [5, 5.41) is 72.0. The third-order valence-corrected chi connectivity index (χ3v) is 8.24.